The van der Waals surface area contributed by atoms with Gasteiger partial charge < -0.3 is 20.4 Å². The predicted molar refractivity (Wildman–Crippen MR) is 94.2 cm³/mol. The Hall–Kier alpha value is -2.52. The Morgan fingerprint density at radius 1 is 0.714 bits per heavy atom. The minimum absolute atomic E-state index is 0.290. The zero-order valence-corrected chi connectivity index (χ0v) is 14.7. The topological polar surface area (TPSA) is 115 Å². The molecule has 4 N–H and O–H groups in total. The van der Waals surface area contributed by atoms with Gasteiger partial charge in [0.1, 0.15) is 23.8 Å². The van der Waals surface area contributed by atoms with Crippen LogP contribution in [0.15, 0.2) is 48.5 Å². The lowest BCUT2D eigenvalue weighted by atomic mass is 9.94. The van der Waals surface area contributed by atoms with Crippen LogP contribution >= 0.6 is 0 Å². The fraction of sp³-hybridized carbons (Fsp3) is 0.300. The smallest absolute Gasteiger partial charge is 0.232 e. The van der Waals surface area contributed by atoms with Crippen molar-refractivity contribution in [2.45, 2.75) is 37.3 Å². The van der Waals surface area contributed by atoms with Crippen molar-refractivity contribution in [3.05, 3.63) is 71.3 Å². The van der Waals surface area contributed by atoms with Gasteiger partial charge in [0.25, 0.3) is 0 Å². The van der Waals surface area contributed by atoms with Crippen LogP contribution in [0.25, 0.3) is 0 Å². The Balaban J connectivity index is 1.98. The van der Waals surface area contributed by atoms with Crippen LogP contribution in [0.3, 0.4) is 0 Å². The van der Waals surface area contributed by atoms with E-state index in [9.17, 15) is 38.8 Å². The SMILES string of the molecule is O=C(C(=O)[C@H](O)C(O)Cc1cccc(F)c1)[C@@H](O)C(O)Cc1cccc(F)c1. The molecule has 0 aliphatic heterocycles. The molecule has 0 bridgehead atoms. The van der Waals surface area contributed by atoms with Crippen molar-refractivity contribution in [2.75, 3.05) is 0 Å². The normalized spacial score (nSPS) is 15.5. The number of carbonyl (C=O) groups excluding carboxylic acids is 2. The van der Waals surface area contributed by atoms with Crippen LogP contribution < -0.4 is 0 Å². The zero-order valence-electron chi connectivity index (χ0n) is 14.7. The van der Waals surface area contributed by atoms with E-state index in [2.05, 4.69) is 0 Å². The monoisotopic (exact) mass is 394 g/mol. The first kappa shape index (κ1) is 21.8. The Kier molecular flexibility index (Phi) is 7.47. The molecule has 0 spiro atoms. The van der Waals surface area contributed by atoms with E-state index in [0.29, 0.717) is 11.1 Å². The van der Waals surface area contributed by atoms with Gasteiger partial charge in [0.2, 0.25) is 11.6 Å². The summed E-state index contributed by atoms with van der Waals surface area (Å²) in [6.45, 7) is 0. The average Bonchev–Trinajstić information content (AvgIpc) is 2.65. The lowest BCUT2D eigenvalue weighted by Crippen LogP contribution is -2.47. The van der Waals surface area contributed by atoms with Gasteiger partial charge in [-0.1, -0.05) is 24.3 Å². The van der Waals surface area contributed by atoms with E-state index >= 15 is 0 Å². The number of ketones is 2. The van der Waals surface area contributed by atoms with Gasteiger partial charge in [-0.15, -0.1) is 0 Å². The predicted octanol–water partition coefficient (Wildman–Crippen LogP) is 0.332. The standard InChI is InChI=1S/C20H20F2O6/c21-13-5-1-3-11(7-13)9-15(23)17(25)19(27)20(28)18(26)16(24)10-12-4-2-6-14(22)8-12/h1-8,15-18,23-26H,9-10H2/t15?,16?,17-,18+. The molecule has 0 radical (unpaired) electrons. The second-order valence-electron chi connectivity index (χ2n) is 6.42. The van der Waals surface area contributed by atoms with Crippen molar-refractivity contribution in [1.29, 1.82) is 0 Å². The van der Waals surface area contributed by atoms with Crippen molar-refractivity contribution in [3.8, 4) is 0 Å². The average molecular weight is 394 g/mol. The van der Waals surface area contributed by atoms with Crippen molar-refractivity contribution in [3.63, 3.8) is 0 Å². The molecule has 0 heterocycles. The number of hydrogen-bond acceptors (Lipinski definition) is 6. The first-order chi connectivity index (χ1) is 13.2. The van der Waals surface area contributed by atoms with E-state index in [1.165, 1.54) is 36.4 Å². The van der Waals surface area contributed by atoms with Crippen LogP contribution in [0.1, 0.15) is 11.1 Å². The van der Waals surface area contributed by atoms with Crippen LogP contribution in [0.2, 0.25) is 0 Å². The van der Waals surface area contributed by atoms with Crippen molar-refractivity contribution in [2.24, 2.45) is 0 Å². The van der Waals surface area contributed by atoms with E-state index in [0.717, 1.165) is 12.1 Å². The number of halogens is 2. The molecule has 0 saturated heterocycles. The summed E-state index contributed by atoms with van der Waals surface area (Å²) in [5.74, 6) is -4.13. The van der Waals surface area contributed by atoms with Crippen LogP contribution in [-0.4, -0.2) is 56.4 Å². The highest BCUT2D eigenvalue weighted by Crippen LogP contribution is 2.13. The molecular weight excluding hydrogens is 374 g/mol. The molecule has 0 aliphatic carbocycles. The quantitative estimate of drug-likeness (QED) is 0.456. The molecule has 2 unspecified atom stereocenters. The molecule has 8 heteroatoms. The van der Waals surface area contributed by atoms with E-state index < -0.39 is 47.6 Å². The van der Waals surface area contributed by atoms with Crippen LogP contribution in [0.4, 0.5) is 8.78 Å². The molecule has 0 amide bonds. The third-order valence-electron chi connectivity index (χ3n) is 4.18. The van der Waals surface area contributed by atoms with E-state index in [-0.39, 0.29) is 12.8 Å². The van der Waals surface area contributed by atoms with Gasteiger partial charge in [0.15, 0.2) is 0 Å². The van der Waals surface area contributed by atoms with Gasteiger partial charge in [-0.3, -0.25) is 9.59 Å². The Bertz CT molecular complexity index is 771. The van der Waals surface area contributed by atoms with Crippen molar-refractivity contribution < 1.29 is 38.8 Å². The maximum Gasteiger partial charge on any atom is 0.232 e. The van der Waals surface area contributed by atoms with E-state index in [1.807, 2.05) is 0 Å². The largest absolute Gasteiger partial charge is 0.390 e. The molecule has 2 aromatic carbocycles. The third-order valence-corrected chi connectivity index (χ3v) is 4.18. The van der Waals surface area contributed by atoms with Gasteiger partial charge in [0.05, 0.1) is 12.2 Å². The minimum atomic E-state index is -2.16. The lowest BCUT2D eigenvalue weighted by molar-refractivity contribution is -0.152. The first-order valence-corrected chi connectivity index (χ1v) is 8.48. The molecule has 0 saturated carbocycles. The summed E-state index contributed by atoms with van der Waals surface area (Å²) < 4.78 is 26.3. The number of rotatable bonds is 9. The zero-order chi connectivity index (χ0) is 20.8. The maximum atomic E-state index is 13.2. The third kappa shape index (κ3) is 5.74. The second kappa shape index (κ2) is 9.61. The van der Waals surface area contributed by atoms with Crippen LogP contribution in [0.5, 0.6) is 0 Å². The molecule has 0 aliphatic rings. The summed E-state index contributed by atoms with van der Waals surface area (Å²) in [5.41, 5.74) is 0.581. The minimum Gasteiger partial charge on any atom is -0.390 e. The van der Waals surface area contributed by atoms with Gasteiger partial charge in [-0.2, -0.15) is 0 Å². The highest BCUT2D eigenvalue weighted by atomic mass is 19.1. The number of hydrogen-bond donors (Lipinski definition) is 4. The lowest BCUT2D eigenvalue weighted by Gasteiger charge is -2.20. The Morgan fingerprint density at radius 3 is 1.39 bits per heavy atom. The number of benzene rings is 2. The van der Waals surface area contributed by atoms with Gasteiger partial charge in [0, 0.05) is 12.8 Å². The summed E-state index contributed by atoms with van der Waals surface area (Å²) in [6.07, 6.45) is -8.37. The summed E-state index contributed by atoms with van der Waals surface area (Å²) in [5, 5.41) is 39.6. The molecule has 2 rings (SSSR count). The van der Waals surface area contributed by atoms with Crippen LogP contribution in [0, 0.1) is 11.6 Å². The van der Waals surface area contributed by atoms with E-state index in [4.69, 9.17) is 0 Å². The summed E-state index contributed by atoms with van der Waals surface area (Å²) in [7, 11) is 0. The van der Waals surface area contributed by atoms with Crippen molar-refractivity contribution >= 4 is 11.6 Å². The highest BCUT2D eigenvalue weighted by molar-refractivity contribution is 6.40. The first-order valence-electron chi connectivity index (χ1n) is 8.48. The summed E-state index contributed by atoms with van der Waals surface area (Å²) in [4.78, 5) is 24.1. The molecule has 4 atom stereocenters. The number of Topliss-reactive ketones (excluding diaryl/α,β-unsaturated/α-hetero) is 2. The molecule has 28 heavy (non-hydrogen) atoms. The molecule has 150 valence electrons. The van der Waals surface area contributed by atoms with Gasteiger partial charge in [-0.25, -0.2) is 8.78 Å². The fourth-order valence-corrected chi connectivity index (χ4v) is 2.68. The Morgan fingerprint density at radius 2 is 1.07 bits per heavy atom. The molecule has 2 aromatic rings. The fourth-order valence-electron chi connectivity index (χ4n) is 2.68. The number of aliphatic hydroxyl groups is 4. The number of carbonyl (C=O) groups is 2. The molecule has 0 fully saturated rings. The van der Waals surface area contributed by atoms with Gasteiger partial charge >= 0.3 is 0 Å². The van der Waals surface area contributed by atoms with Gasteiger partial charge in [-0.05, 0) is 35.4 Å². The van der Waals surface area contributed by atoms with E-state index in [1.54, 1.807) is 0 Å². The summed E-state index contributed by atoms with van der Waals surface area (Å²) >= 11 is 0. The highest BCUT2D eigenvalue weighted by Gasteiger charge is 2.36. The Labute approximate surface area is 159 Å². The molecular formula is C20H20F2O6. The maximum absolute atomic E-state index is 13.2. The molecule has 0 aromatic heterocycles. The molecule has 6 nitrogen and oxygen atoms in total. The second-order valence-corrected chi connectivity index (χ2v) is 6.42. The number of aliphatic hydroxyl groups excluding tert-OH is 4. The van der Waals surface area contributed by atoms with Crippen molar-refractivity contribution in [1.82, 2.24) is 0 Å². The summed E-state index contributed by atoms with van der Waals surface area (Å²) in [6, 6.07) is 10.2. The van der Waals surface area contributed by atoms with Crippen LogP contribution in [-0.2, 0) is 22.4 Å².